The van der Waals surface area contributed by atoms with Gasteiger partial charge in [-0.1, -0.05) is 20.8 Å². The molecule has 0 atom stereocenters. The number of hydrogen-bond acceptors (Lipinski definition) is 1. The summed E-state index contributed by atoms with van der Waals surface area (Å²) in [6, 6.07) is 0.950. The summed E-state index contributed by atoms with van der Waals surface area (Å²) in [4.78, 5) is 2.73. The van der Waals surface area contributed by atoms with E-state index in [1.807, 2.05) is 0 Å². The number of likely N-dealkylation sites (tertiary alicyclic amines) is 1. The van der Waals surface area contributed by atoms with E-state index in [1.165, 1.54) is 38.8 Å². The fourth-order valence-electron chi connectivity index (χ4n) is 2.65. The van der Waals surface area contributed by atoms with Crippen molar-refractivity contribution in [3.8, 4) is 0 Å². The standard InChI is InChI=1S/C12H23N/c1-10-8-11(9-10)13-6-4-12(2,3)5-7-13/h10-11H,4-9H2,1-3H3. The van der Waals surface area contributed by atoms with Crippen molar-refractivity contribution < 1.29 is 0 Å². The van der Waals surface area contributed by atoms with Crippen molar-refractivity contribution in [2.24, 2.45) is 11.3 Å². The summed E-state index contributed by atoms with van der Waals surface area (Å²) in [5.74, 6) is 1.000. The maximum atomic E-state index is 2.73. The third-order valence-electron chi connectivity index (χ3n) is 4.02. The van der Waals surface area contributed by atoms with Gasteiger partial charge in [-0.2, -0.15) is 0 Å². The summed E-state index contributed by atoms with van der Waals surface area (Å²) < 4.78 is 0. The molecule has 1 saturated carbocycles. The Hall–Kier alpha value is -0.0400. The Morgan fingerprint density at radius 3 is 2.08 bits per heavy atom. The fraction of sp³-hybridized carbons (Fsp3) is 1.00. The Balaban J connectivity index is 1.79. The number of hydrogen-bond donors (Lipinski definition) is 0. The van der Waals surface area contributed by atoms with Crippen molar-refractivity contribution >= 4 is 0 Å². The van der Waals surface area contributed by atoms with Crippen molar-refractivity contribution in [2.75, 3.05) is 13.1 Å². The predicted molar refractivity (Wildman–Crippen MR) is 56.8 cm³/mol. The number of piperidine rings is 1. The third kappa shape index (κ3) is 2.07. The topological polar surface area (TPSA) is 3.24 Å². The molecule has 76 valence electrons. The van der Waals surface area contributed by atoms with Gasteiger partial charge in [0.1, 0.15) is 0 Å². The second-order valence-corrected chi connectivity index (χ2v) is 5.93. The van der Waals surface area contributed by atoms with E-state index in [0.29, 0.717) is 5.41 Å². The highest BCUT2D eigenvalue weighted by Crippen LogP contribution is 2.36. The molecule has 0 aromatic carbocycles. The Morgan fingerprint density at radius 1 is 1.08 bits per heavy atom. The predicted octanol–water partition coefficient (Wildman–Crippen LogP) is 2.91. The maximum Gasteiger partial charge on any atom is 0.0100 e. The smallest absolute Gasteiger partial charge is 0.0100 e. The second-order valence-electron chi connectivity index (χ2n) is 5.93. The molecule has 1 aliphatic heterocycles. The van der Waals surface area contributed by atoms with Gasteiger partial charge in [0.2, 0.25) is 0 Å². The monoisotopic (exact) mass is 181 g/mol. The van der Waals surface area contributed by atoms with Gasteiger partial charge >= 0.3 is 0 Å². The summed E-state index contributed by atoms with van der Waals surface area (Å²) in [7, 11) is 0. The fourth-order valence-corrected chi connectivity index (χ4v) is 2.65. The van der Waals surface area contributed by atoms with Gasteiger partial charge in [0.15, 0.2) is 0 Å². The van der Waals surface area contributed by atoms with E-state index < -0.39 is 0 Å². The SMILES string of the molecule is CC1CC(N2CCC(C)(C)CC2)C1. The van der Waals surface area contributed by atoms with Gasteiger partial charge < -0.3 is 4.90 Å². The Morgan fingerprint density at radius 2 is 1.62 bits per heavy atom. The third-order valence-corrected chi connectivity index (χ3v) is 4.02. The van der Waals surface area contributed by atoms with Crippen LogP contribution in [0.2, 0.25) is 0 Å². The molecule has 1 heterocycles. The molecule has 0 aromatic heterocycles. The molecule has 1 heteroatoms. The lowest BCUT2D eigenvalue weighted by molar-refractivity contribution is 0.0349. The first-order valence-corrected chi connectivity index (χ1v) is 5.81. The lowest BCUT2D eigenvalue weighted by Crippen LogP contribution is -2.48. The van der Waals surface area contributed by atoms with Gasteiger partial charge in [0.25, 0.3) is 0 Å². The van der Waals surface area contributed by atoms with Gasteiger partial charge in [-0.3, -0.25) is 0 Å². The molecule has 2 fully saturated rings. The molecule has 0 spiro atoms. The first-order valence-electron chi connectivity index (χ1n) is 5.81. The zero-order valence-corrected chi connectivity index (χ0v) is 9.34. The molecule has 0 radical (unpaired) electrons. The number of nitrogens with zero attached hydrogens (tertiary/aromatic N) is 1. The van der Waals surface area contributed by atoms with E-state index in [1.54, 1.807) is 0 Å². The molecule has 0 N–H and O–H groups in total. The average molecular weight is 181 g/mol. The van der Waals surface area contributed by atoms with Crippen LogP contribution in [0.5, 0.6) is 0 Å². The highest BCUT2D eigenvalue weighted by molar-refractivity contribution is 4.89. The molecule has 1 nitrogen and oxygen atoms in total. The second kappa shape index (κ2) is 3.27. The summed E-state index contributed by atoms with van der Waals surface area (Å²) in [6.45, 7) is 9.90. The van der Waals surface area contributed by atoms with Crippen LogP contribution in [0.1, 0.15) is 46.5 Å². The molecule has 2 aliphatic rings. The minimum atomic E-state index is 0.617. The van der Waals surface area contributed by atoms with Gasteiger partial charge in [-0.05, 0) is 50.1 Å². The van der Waals surface area contributed by atoms with Crippen LogP contribution in [0.25, 0.3) is 0 Å². The average Bonchev–Trinajstić information content (AvgIpc) is 2.00. The minimum Gasteiger partial charge on any atom is -0.300 e. The van der Waals surface area contributed by atoms with Gasteiger partial charge in [-0.25, -0.2) is 0 Å². The number of rotatable bonds is 1. The van der Waals surface area contributed by atoms with Crippen LogP contribution in [-0.4, -0.2) is 24.0 Å². The van der Waals surface area contributed by atoms with Gasteiger partial charge in [0.05, 0.1) is 0 Å². The maximum absolute atomic E-state index is 2.73. The molecular formula is C12H23N. The van der Waals surface area contributed by atoms with Crippen LogP contribution in [-0.2, 0) is 0 Å². The first kappa shape index (κ1) is 9.51. The van der Waals surface area contributed by atoms with Crippen molar-refractivity contribution in [3.05, 3.63) is 0 Å². The van der Waals surface area contributed by atoms with Crippen molar-refractivity contribution in [1.29, 1.82) is 0 Å². The van der Waals surface area contributed by atoms with E-state index in [4.69, 9.17) is 0 Å². The van der Waals surface area contributed by atoms with Crippen molar-refractivity contribution in [3.63, 3.8) is 0 Å². The van der Waals surface area contributed by atoms with Crippen LogP contribution in [0.4, 0.5) is 0 Å². The lowest BCUT2D eigenvalue weighted by atomic mass is 9.77. The molecular weight excluding hydrogens is 158 g/mol. The normalized spacial score (nSPS) is 39.9. The molecule has 0 unspecified atom stereocenters. The van der Waals surface area contributed by atoms with Crippen LogP contribution < -0.4 is 0 Å². The zero-order valence-electron chi connectivity index (χ0n) is 9.34. The summed E-state index contributed by atoms with van der Waals surface area (Å²) >= 11 is 0. The van der Waals surface area contributed by atoms with Crippen LogP contribution >= 0.6 is 0 Å². The first-order chi connectivity index (χ1) is 6.07. The Labute approximate surface area is 82.5 Å². The van der Waals surface area contributed by atoms with Crippen molar-refractivity contribution in [1.82, 2.24) is 4.90 Å². The van der Waals surface area contributed by atoms with Gasteiger partial charge in [0, 0.05) is 6.04 Å². The zero-order chi connectivity index (χ0) is 9.47. The highest BCUT2D eigenvalue weighted by atomic mass is 15.2. The lowest BCUT2D eigenvalue weighted by Gasteiger charge is -2.46. The largest absolute Gasteiger partial charge is 0.300 e. The summed E-state index contributed by atoms with van der Waals surface area (Å²) in [5.41, 5.74) is 0.617. The van der Waals surface area contributed by atoms with Crippen molar-refractivity contribution in [2.45, 2.75) is 52.5 Å². The van der Waals surface area contributed by atoms with Gasteiger partial charge in [-0.15, -0.1) is 0 Å². The van der Waals surface area contributed by atoms with E-state index in [-0.39, 0.29) is 0 Å². The Bertz CT molecular complexity index is 170. The highest BCUT2D eigenvalue weighted by Gasteiger charge is 2.34. The summed E-state index contributed by atoms with van der Waals surface area (Å²) in [6.07, 6.45) is 5.72. The molecule has 13 heavy (non-hydrogen) atoms. The molecule has 0 aromatic rings. The van der Waals surface area contributed by atoms with E-state index in [2.05, 4.69) is 25.7 Å². The van der Waals surface area contributed by atoms with Crippen LogP contribution in [0.3, 0.4) is 0 Å². The quantitative estimate of drug-likeness (QED) is 0.601. The molecule has 1 aliphatic carbocycles. The molecule has 2 rings (SSSR count). The van der Waals surface area contributed by atoms with Crippen LogP contribution in [0, 0.1) is 11.3 Å². The van der Waals surface area contributed by atoms with E-state index >= 15 is 0 Å². The van der Waals surface area contributed by atoms with E-state index in [0.717, 1.165) is 12.0 Å². The minimum absolute atomic E-state index is 0.617. The van der Waals surface area contributed by atoms with E-state index in [9.17, 15) is 0 Å². The molecule has 0 bridgehead atoms. The summed E-state index contributed by atoms with van der Waals surface area (Å²) in [5, 5.41) is 0. The molecule has 1 saturated heterocycles. The molecule has 0 amide bonds. The Kier molecular flexibility index (Phi) is 2.39. The van der Waals surface area contributed by atoms with Crippen LogP contribution in [0.15, 0.2) is 0 Å².